The summed E-state index contributed by atoms with van der Waals surface area (Å²) in [5, 5.41) is 9.44. The third kappa shape index (κ3) is 2.82. The van der Waals surface area contributed by atoms with Gasteiger partial charge in [0.15, 0.2) is 0 Å². The summed E-state index contributed by atoms with van der Waals surface area (Å²) in [6.45, 7) is 6.40. The van der Waals surface area contributed by atoms with Crippen molar-refractivity contribution in [3.63, 3.8) is 0 Å². The van der Waals surface area contributed by atoms with Crippen molar-refractivity contribution in [3.8, 4) is 5.75 Å². The number of carbonyl (C=O) groups excluding carboxylic acids is 1. The summed E-state index contributed by atoms with van der Waals surface area (Å²) in [5.41, 5.74) is 3.44. The van der Waals surface area contributed by atoms with Crippen LogP contribution in [0, 0.1) is 13.8 Å². The lowest BCUT2D eigenvalue weighted by Crippen LogP contribution is -2.31. The monoisotopic (exact) mass is 269 g/mol. The van der Waals surface area contributed by atoms with Crippen molar-refractivity contribution in [1.82, 2.24) is 0 Å². The molecule has 3 heteroatoms. The van der Waals surface area contributed by atoms with Crippen LogP contribution < -0.4 is 4.90 Å². The second-order valence-electron chi connectivity index (χ2n) is 4.88. The second-order valence-corrected chi connectivity index (χ2v) is 4.88. The summed E-state index contributed by atoms with van der Waals surface area (Å²) >= 11 is 0. The zero-order chi connectivity index (χ0) is 14.7. The fourth-order valence-corrected chi connectivity index (χ4v) is 2.20. The van der Waals surface area contributed by atoms with E-state index in [4.69, 9.17) is 0 Å². The minimum atomic E-state index is -0.0474. The predicted octanol–water partition coefficient (Wildman–Crippen LogP) is 3.68. The highest BCUT2D eigenvalue weighted by molar-refractivity contribution is 6.07. The van der Waals surface area contributed by atoms with Crippen LogP contribution in [0.5, 0.6) is 5.75 Å². The number of phenolic OH excluding ortho intramolecular Hbond substituents is 1. The Morgan fingerprint density at radius 2 is 1.75 bits per heavy atom. The van der Waals surface area contributed by atoms with Gasteiger partial charge in [-0.2, -0.15) is 0 Å². The van der Waals surface area contributed by atoms with Crippen LogP contribution in [-0.2, 0) is 0 Å². The van der Waals surface area contributed by atoms with Crippen LogP contribution in [0.25, 0.3) is 0 Å². The fraction of sp³-hybridized carbons (Fsp3) is 0.235. The van der Waals surface area contributed by atoms with Crippen LogP contribution in [-0.4, -0.2) is 17.6 Å². The Kier molecular flexibility index (Phi) is 4.08. The Balaban J connectivity index is 2.36. The first-order valence-electron chi connectivity index (χ1n) is 6.71. The largest absolute Gasteiger partial charge is 0.508 e. The molecule has 0 aliphatic carbocycles. The number of anilines is 1. The Hall–Kier alpha value is -2.29. The SMILES string of the molecule is CCN(C(=O)c1ccc(O)cc1C)c1ccc(C)cc1. The predicted molar refractivity (Wildman–Crippen MR) is 81.4 cm³/mol. The quantitative estimate of drug-likeness (QED) is 0.923. The van der Waals surface area contributed by atoms with E-state index < -0.39 is 0 Å². The van der Waals surface area contributed by atoms with Crippen molar-refractivity contribution in [2.45, 2.75) is 20.8 Å². The molecule has 0 aliphatic rings. The van der Waals surface area contributed by atoms with Crippen molar-refractivity contribution in [2.24, 2.45) is 0 Å². The minimum absolute atomic E-state index is 0.0474. The normalized spacial score (nSPS) is 10.3. The maximum Gasteiger partial charge on any atom is 0.258 e. The number of phenols is 1. The summed E-state index contributed by atoms with van der Waals surface area (Å²) in [7, 11) is 0. The number of rotatable bonds is 3. The molecule has 2 aromatic rings. The maximum absolute atomic E-state index is 12.6. The van der Waals surface area contributed by atoms with Gasteiger partial charge in [0.2, 0.25) is 0 Å². The molecule has 0 fully saturated rings. The third-order valence-corrected chi connectivity index (χ3v) is 3.35. The summed E-state index contributed by atoms with van der Waals surface area (Å²) in [6.07, 6.45) is 0. The smallest absolute Gasteiger partial charge is 0.258 e. The number of carbonyl (C=O) groups is 1. The van der Waals surface area contributed by atoms with E-state index in [1.165, 1.54) is 0 Å². The molecule has 0 unspecified atom stereocenters. The average molecular weight is 269 g/mol. The van der Waals surface area contributed by atoms with E-state index in [0.29, 0.717) is 12.1 Å². The van der Waals surface area contributed by atoms with Gasteiger partial charge in [-0.15, -0.1) is 0 Å². The number of aryl methyl sites for hydroxylation is 2. The molecule has 104 valence electrons. The zero-order valence-corrected chi connectivity index (χ0v) is 12.1. The first-order chi connectivity index (χ1) is 9.52. The van der Waals surface area contributed by atoms with Crippen LogP contribution >= 0.6 is 0 Å². The molecule has 0 bridgehead atoms. The van der Waals surface area contributed by atoms with Crippen LogP contribution in [0.4, 0.5) is 5.69 Å². The maximum atomic E-state index is 12.6. The molecule has 0 aliphatic heterocycles. The molecule has 1 N–H and O–H groups in total. The third-order valence-electron chi connectivity index (χ3n) is 3.35. The van der Waals surface area contributed by atoms with Gasteiger partial charge >= 0.3 is 0 Å². The number of benzene rings is 2. The molecule has 0 saturated carbocycles. The molecule has 0 saturated heterocycles. The number of hydrogen-bond donors (Lipinski definition) is 1. The van der Waals surface area contributed by atoms with E-state index in [1.807, 2.05) is 45.0 Å². The molecule has 0 spiro atoms. The van der Waals surface area contributed by atoms with Crippen molar-refractivity contribution >= 4 is 11.6 Å². The molecule has 0 aromatic heterocycles. The fourth-order valence-electron chi connectivity index (χ4n) is 2.20. The molecule has 2 aromatic carbocycles. The van der Waals surface area contributed by atoms with Gasteiger partial charge in [-0.05, 0) is 56.7 Å². The average Bonchev–Trinajstić information content (AvgIpc) is 2.41. The molecule has 0 radical (unpaired) electrons. The molecule has 0 heterocycles. The zero-order valence-electron chi connectivity index (χ0n) is 12.1. The summed E-state index contributed by atoms with van der Waals surface area (Å²) in [4.78, 5) is 14.4. The van der Waals surface area contributed by atoms with E-state index in [-0.39, 0.29) is 11.7 Å². The lowest BCUT2D eigenvalue weighted by molar-refractivity contribution is 0.0987. The van der Waals surface area contributed by atoms with E-state index in [2.05, 4.69) is 0 Å². The van der Waals surface area contributed by atoms with Crippen molar-refractivity contribution in [1.29, 1.82) is 0 Å². The van der Waals surface area contributed by atoms with Gasteiger partial charge in [0.25, 0.3) is 5.91 Å². The van der Waals surface area contributed by atoms with Gasteiger partial charge in [0.05, 0.1) is 0 Å². The number of nitrogens with zero attached hydrogens (tertiary/aromatic N) is 1. The van der Waals surface area contributed by atoms with Crippen LogP contribution in [0.2, 0.25) is 0 Å². The first-order valence-corrected chi connectivity index (χ1v) is 6.71. The highest BCUT2D eigenvalue weighted by Gasteiger charge is 2.17. The Morgan fingerprint density at radius 3 is 2.30 bits per heavy atom. The van der Waals surface area contributed by atoms with Crippen molar-refractivity contribution in [2.75, 3.05) is 11.4 Å². The topological polar surface area (TPSA) is 40.5 Å². The van der Waals surface area contributed by atoms with Gasteiger partial charge in [-0.25, -0.2) is 0 Å². The van der Waals surface area contributed by atoms with Crippen LogP contribution in [0.1, 0.15) is 28.4 Å². The highest BCUT2D eigenvalue weighted by Crippen LogP contribution is 2.21. The lowest BCUT2D eigenvalue weighted by atomic mass is 10.1. The van der Waals surface area contributed by atoms with Gasteiger partial charge in [-0.1, -0.05) is 17.7 Å². The van der Waals surface area contributed by atoms with Crippen LogP contribution in [0.3, 0.4) is 0 Å². The molecule has 3 nitrogen and oxygen atoms in total. The standard InChI is InChI=1S/C17H19NO2/c1-4-18(14-7-5-12(2)6-8-14)17(20)16-10-9-15(19)11-13(16)3/h5-11,19H,4H2,1-3H3. The van der Waals surface area contributed by atoms with Gasteiger partial charge in [0, 0.05) is 17.8 Å². The van der Waals surface area contributed by atoms with Crippen molar-refractivity contribution in [3.05, 3.63) is 59.2 Å². The summed E-state index contributed by atoms with van der Waals surface area (Å²) in [5.74, 6) is 0.131. The van der Waals surface area contributed by atoms with Gasteiger partial charge < -0.3 is 10.0 Å². The molecular weight excluding hydrogens is 250 g/mol. The van der Waals surface area contributed by atoms with Gasteiger partial charge in [-0.3, -0.25) is 4.79 Å². The Morgan fingerprint density at radius 1 is 1.10 bits per heavy atom. The number of aromatic hydroxyl groups is 1. The molecular formula is C17H19NO2. The summed E-state index contributed by atoms with van der Waals surface area (Å²) < 4.78 is 0. The number of amides is 1. The molecule has 20 heavy (non-hydrogen) atoms. The molecule has 0 atom stereocenters. The Labute approximate surface area is 119 Å². The lowest BCUT2D eigenvalue weighted by Gasteiger charge is -2.22. The van der Waals surface area contributed by atoms with E-state index in [0.717, 1.165) is 16.8 Å². The first kappa shape index (κ1) is 14.1. The molecule has 2 rings (SSSR count). The summed E-state index contributed by atoms with van der Waals surface area (Å²) in [6, 6.07) is 12.7. The van der Waals surface area contributed by atoms with Gasteiger partial charge in [0.1, 0.15) is 5.75 Å². The van der Waals surface area contributed by atoms with E-state index in [1.54, 1.807) is 23.1 Å². The van der Waals surface area contributed by atoms with E-state index >= 15 is 0 Å². The molecule has 1 amide bonds. The van der Waals surface area contributed by atoms with Crippen molar-refractivity contribution < 1.29 is 9.90 Å². The highest BCUT2D eigenvalue weighted by atomic mass is 16.3. The van der Waals surface area contributed by atoms with Crippen LogP contribution in [0.15, 0.2) is 42.5 Å². The minimum Gasteiger partial charge on any atom is -0.508 e. The Bertz CT molecular complexity index is 617. The second kappa shape index (κ2) is 5.78. The van der Waals surface area contributed by atoms with E-state index in [9.17, 15) is 9.90 Å². The number of hydrogen-bond acceptors (Lipinski definition) is 2.